The van der Waals surface area contributed by atoms with Crippen molar-refractivity contribution < 1.29 is 9.18 Å². The maximum atomic E-state index is 13.4. The van der Waals surface area contributed by atoms with E-state index in [9.17, 15) is 9.18 Å². The third-order valence-electron chi connectivity index (χ3n) is 2.55. The van der Waals surface area contributed by atoms with Gasteiger partial charge in [-0.05, 0) is 31.0 Å². The van der Waals surface area contributed by atoms with Crippen molar-refractivity contribution in [3.05, 3.63) is 34.6 Å². The van der Waals surface area contributed by atoms with Crippen LogP contribution >= 0.6 is 11.6 Å². The zero-order valence-corrected chi connectivity index (χ0v) is 8.93. The van der Waals surface area contributed by atoms with E-state index in [4.69, 9.17) is 11.6 Å². The molecule has 0 radical (unpaired) electrons. The minimum absolute atomic E-state index is 0.112. The van der Waals surface area contributed by atoms with Gasteiger partial charge in [-0.1, -0.05) is 11.6 Å². The molecule has 1 amide bonds. The molecule has 1 aromatic rings. The molecule has 80 valence electrons. The highest BCUT2D eigenvalue weighted by atomic mass is 35.5. The molecular formula is C11H11ClFNO. The smallest absolute Gasteiger partial charge is 0.256 e. The fraction of sp³-hybridized carbons (Fsp3) is 0.364. The van der Waals surface area contributed by atoms with Gasteiger partial charge in [0.15, 0.2) is 0 Å². The molecule has 0 spiro atoms. The van der Waals surface area contributed by atoms with Crippen molar-refractivity contribution in [2.45, 2.75) is 12.8 Å². The van der Waals surface area contributed by atoms with Crippen LogP contribution in [0.4, 0.5) is 4.39 Å². The Labute approximate surface area is 92.6 Å². The number of rotatable bonds is 1. The molecule has 2 nitrogen and oxygen atoms in total. The van der Waals surface area contributed by atoms with Crippen LogP contribution in [0.5, 0.6) is 0 Å². The predicted octanol–water partition coefficient (Wildman–Crippen LogP) is 2.72. The third kappa shape index (κ3) is 2.12. The minimum Gasteiger partial charge on any atom is -0.339 e. The van der Waals surface area contributed by atoms with Crippen LogP contribution in [-0.2, 0) is 0 Å². The number of hydrogen-bond acceptors (Lipinski definition) is 1. The van der Waals surface area contributed by atoms with Crippen molar-refractivity contribution in [1.82, 2.24) is 4.90 Å². The molecule has 0 unspecified atom stereocenters. The van der Waals surface area contributed by atoms with Crippen LogP contribution in [0.1, 0.15) is 23.2 Å². The average Bonchev–Trinajstić information content (AvgIpc) is 2.69. The first-order valence-electron chi connectivity index (χ1n) is 4.93. The summed E-state index contributed by atoms with van der Waals surface area (Å²) in [6.45, 7) is 1.45. The lowest BCUT2D eigenvalue weighted by Gasteiger charge is -2.15. The molecule has 1 saturated heterocycles. The van der Waals surface area contributed by atoms with Crippen molar-refractivity contribution in [2.75, 3.05) is 13.1 Å². The third-order valence-corrected chi connectivity index (χ3v) is 2.79. The molecule has 0 N–H and O–H groups in total. The molecule has 0 saturated carbocycles. The second-order valence-corrected chi connectivity index (χ2v) is 4.06. The van der Waals surface area contributed by atoms with Crippen LogP contribution in [0.25, 0.3) is 0 Å². The first-order valence-corrected chi connectivity index (χ1v) is 5.30. The number of hydrogen-bond donors (Lipinski definition) is 0. The summed E-state index contributed by atoms with van der Waals surface area (Å²) < 4.78 is 13.4. The average molecular weight is 228 g/mol. The van der Waals surface area contributed by atoms with E-state index in [0.717, 1.165) is 25.9 Å². The number of nitrogens with zero attached hydrogens (tertiary/aromatic N) is 1. The van der Waals surface area contributed by atoms with E-state index in [1.54, 1.807) is 4.90 Å². The van der Waals surface area contributed by atoms with Crippen molar-refractivity contribution in [3.63, 3.8) is 0 Å². The van der Waals surface area contributed by atoms with E-state index in [1.165, 1.54) is 18.2 Å². The normalized spacial score (nSPS) is 15.7. The van der Waals surface area contributed by atoms with Gasteiger partial charge in [0.2, 0.25) is 0 Å². The quantitative estimate of drug-likeness (QED) is 0.723. The highest BCUT2D eigenvalue weighted by Crippen LogP contribution is 2.18. The Morgan fingerprint density at radius 1 is 1.33 bits per heavy atom. The highest BCUT2D eigenvalue weighted by Gasteiger charge is 2.21. The molecule has 0 aliphatic carbocycles. The second kappa shape index (κ2) is 4.19. The molecule has 0 aromatic heterocycles. The lowest BCUT2D eigenvalue weighted by Crippen LogP contribution is -2.28. The molecule has 1 fully saturated rings. The number of halogens is 2. The molecule has 1 aliphatic rings. The summed E-state index contributed by atoms with van der Waals surface area (Å²) in [7, 11) is 0. The SMILES string of the molecule is O=C(c1ccc(Cl)cc1F)N1CCCC1. The van der Waals surface area contributed by atoms with Crippen molar-refractivity contribution in [2.24, 2.45) is 0 Å². The van der Waals surface area contributed by atoms with Crippen molar-refractivity contribution in [1.29, 1.82) is 0 Å². The monoisotopic (exact) mass is 227 g/mol. The lowest BCUT2D eigenvalue weighted by atomic mass is 10.2. The number of likely N-dealkylation sites (tertiary alicyclic amines) is 1. The Bertz CT molecular complexity index is 388. The molecular weight excluding hydrogens is 217 g/mol. The van der Waals surface area contributed by atoms with Crippen LogP contribution in [0, 0.1) is 5.82 Å². The summed E-state index contributed by atoms with van der Waals surface area (Å²) >= 11 is 5.62. The van der Waals surface area contributed by atoms with Gasteiger partial charge in [-0.25, -0.2) is 4.39 Å². The van der Waals surface area contributed by atoms with Crippen molar-refractivity contribution >= 4 is 17.5 Å². The van der Waals surface area contributed by atoms with E-state index in [-0.39, 0.29) is 11.5 Å². The summed E-state index contributed by atoms with van der Waals surface area (Å²) in [6, 6.07) is 4.15. The van der Waals surface area contributed by atoms with E-state index in [0.29, 0.717) is 5.02 Å². The molecule has 0 atom stereocenters. The number of carbonyl (C=O) groups is 1. The maximum absolute atomic E-state index is 13.4. The zero-order chi connectivity index (χ0) is 10.8. The highest BCUT2D eigenvalue weighted by molar-refractivity contribution is 6.30. The van der Waals surface area contributed by atoms with Crippen LogP contribution < -0.4 is 0 Å². The summed E-state index contributed by atoms with van der Waals surface area (Å²) in [5.41, 5.74) is 0.112. The standard InChI is InChI=1S/C11H11ClFNO/c12-8-3-4-9(10(13)7-8)11(15)14-5-1-2-6-14/h3-4,7H,1-2,5-6H2. The van der Waals surface area contributed by atoms with E-state index < -0.39 is 5.82 Å². The van der Waals surface area contributed by atoms with Gasteiger partial charge in [0.1, 0.15) is 5.82 Å². The first-order chi connectivity index (χ1) is 7.18. The minimum atomic E-state index is -0.542. The van der Waals surface area contributed by atoms with Gasteiger partial charge >= 0.3 is 0 Å². The van der Waals surface area contributed by atoms with Crippen LogP contribution in [0.15, 0.2) is 18.2 Å². The Hall–Kier alpha value is -1.09. The summed E-state index contributed by atoms with van der Waals surface area (Å²) in [6.07, 6.45) is 2.00. The molecule has 15 heavy (non-hydrogen) atoms. The molecule has 1 aliphatic heterocycles. The molecule has 1 aromatic carbocycles. The largest absolute Gasteiger partial charge is 0.339 e. The van der Waals surface area contributed by atoms with Gasteiger partial charge in [-0.15, -0.1) is 0 Å². The maximum Gasteiger partial charge on any atom is 0.256 e. The zero-order valence-electron chi connectivity index (χ0n) is 8.17. The first kappa shape index (κ1) is 10.4. The fourth-order valence-corrected chi connectivity index (χ4v) is 1.91. The molecule has 4 heteroatoms. The number of amides is 1. The van der Waals surface area contributed by atoms with Crippen LogP contribution in [0.3, 0.4) is 0 Å². The van der Waals surface area contributed by atoms with Gasteiger partial charge in [0.25, 0.3) is 5.91 Å². The Balaban J connectivity index is 2.24. The molecule has 1 heterocycles. The van der Waals surface area contributed by atoms with Gasteiger partial charge < -0.3 is 4.90 Å². The predicted molar refractivity (Wildman–Crippen MR) is 56.5 cm³/mol. The molecule has 0 bridgehead atoms. The Kier molecular flexibility index (Phi) is 2.91. The van der Waals surface area contributed by atoms with E-state index in [1.807, 2.05) is 0 Å². The van der Waals surface area contributed by atoms with Crippen LogP contribution in [0.2, 0.25) is 5.02 Å². The van der Waals surface area contributed by atoms with Gasteiger partial charge in [-0.3, -0.25) is 4.79 Å². The number of benzene rings is 1. The van der Waals surface area contributed by atoms with E-state index in [2.05, 4.69) is 0 Å². The second-order valence-electron chi connectivity index (χ2n) is 3.62. The van der Waals surface area contributed by atoms with Crippen molar-refractivity contribution in [3.8, 4) is 0 Å². The summed E-state index contributed by atoms with van der Waals surface area (Å²) in [5.74, 6) is -0.777. The summed E-state index contributed by atoms with van der Waals surface area (Å²) in [4.78, 5) is 13.5. The van der Waals surface area contributed by atoms with Gasteiger partial charge in [0.05, 0.1) is 5.56 Å². The van der Waals surface area contributed by atoms with Crippen LogP contribution in [-0.4, -0.2) is 23.9 Å². The topological polar surface area (TPSA) is 20.3 Å². The lowest BCUT2D eigenvalue weighted by molar-refractivity contribution is 0.0788. The van der Waals surface area contributed by atoms with Gasteiger partial charge in [-0.2, -0.15) is 0 Å². The summed E-state index contributed by atoms with van der Waals surface area (Å²) in [5, 5.41) is 0.311. The van der Waals surface area contributed by atoms with Gasteiger partial charge in [0, 0.05) is 18.1 Å². The Morgan fingerprint density at radius 3 is 2.60 bits per heavy atom. The van der Waals surface area contributed by atoms with E-state index >= 15 is 0 Å². The number of carbonyl (C=O) groups excluding carboxylic acids is 1. The fourth-order valence-electron chi connectivity index (χ4n) is 1.75. The Morgan fingerprint density at radius 2 is 2.00 bits per heavy atom. The molecule has 2 rings (SSSR count).